The van der Waals surface area contributed by atoms with Crippen molar-refractivity contribution in [3.63, 3.8) is 0 Å². The zero-order valence-electron chi connectivity index (χ0n) is 12.1. The summed E-state index contributed by atoms with van der Waals surface area (Å²) in [6.45, 7) is 0.687. The molecule has 21 heavy (non-hydrogen) atoms. The number of nitrogen functional groups attached to an aromatic ring is 1. The van der Waals surface area contributed by atoms with E-state index in [-0.39, 0.29) is 17.9 Å². The number of carbonyl (C=O) groups excluding carboxylic acids is 2. The summed E-state index contributed by atoms with van der Waals surface area (Å²) in [7, 11) is 1.82. The first kappa shape index (κ1) is 13.7. The summed E-state index contributed by atoms with van der Waals surface area (Å²) in [6, 6.07) is 4.04. The highest BCUT2D eigenvalue weighted by Gasteiger charge is 2.24. The van der Waals surface area contributed by atoms with Crippen molar-refractivity contribution in [2.45, 2.75) is 31.7 Å². The summed E-state index contributed by atoms with van der Waals surface area (Å²) >= 11 is 0. The molecule has 1 aromatic rings. The van der Waals surface area contributed by atoms with Gasteiger partial charge in [-0.15, -0.1) is 0 Å². The average molecular weight is 288 g/mol. The van der Waals surface area contributed by atoms with E-state index in [9.17, 15) is 9.59 Å². The van der Waals surface area contributed by atoms with Gasteiger partial charge in [0, 0.05) is 38.2 Å². The number of piperidine rings is 1. The lowest BCUT2D eigenvalue weighted by atomic mass is 10.00. The van der Waals surface area contributed by atoms with Gasteiger partial charge in [-0.1, -0.05) is 0 Å². The molecule has 2 aliphatic rings. The molecule has 4 N–H and O–H groups in total. The number of nitrogens with one attached hydrogen (secondary N) is 2. The molecule has 0 bridgehead atoms. The van der Waals surface area contributed by atoms with Crippen molar-refractivity contribution in [2.24, 2.45) is 0 Å². The van der Waals surface area contributed by atoms with E-state index in [2.05, 4.69) is 10.6 Å². The standard InChI is InChI=1S/C15H20N4O2/c1-19-8-10(3-5-15(19)21)17-13-6-9-2-4-14(20)18-12(9)7-11(13)16/h6-7,10,17H,2-5,8,16H2,1H3,(H,18,20). The zero-order valence-corrected chi connectivity index (χ0v) is 12.1. The van der Waals surface area contributed by atoms with Gasteiger partial charge in [0.05, 0.1) is 11.4 Å². The van der Waals surface area contributed by atoms with Crippen LogP contribution in [-0.2, 0) is 16.0 Å². The molecule has 0 aliphatic carbocycles. The monoisotopic (exact) mass is 288 g/mol. The van der Waals surface area contributed by atoms with Crippen molar-refractivity contribution >= 4 is 28.9 Å². The fraction of sp³-hybridized carbons (Fsp3) is 0.467. The minimum absolute atomic E-state index is 0.0371. The van der Waals surface area contributed by atoms with E-state index in [0.29, 0.717) is 25.1 Å². The van der Waals surface area contributed by atoms with Crippen LogP contribution in [0.1, 0.15) is 24.8 Å². The molecular formula is C15H20N4O2. The van der Waals surface area contributed by atoms with Crippen molar-refractivity contribution in [1.29, 1.82) is 0 Å². The number of aryl methyl sites for hydroxylation is 1. The highest BCUT2D eigenvalue weighted by molar-refractivity contribution is 5.95. The maximum Gasteiger partial charge on any atom is 0.224 e. The predicted molar refractivity (Wildman–Crippen MR) is 82.1 cm³/mol. The van der Waals surface area contributed by atoms with Crippen LogP contribution in [0.5, 0.6) is 0 Å². The number of hydrogen-bond donors (Lipinski definition) is 3. The predicted octanol–water partition coefficient (Wildman–Crippen LogP) is 1.19. The minimum Gasteiger partial charge on any atom is -0.397 e. The molecule has 1 saturated heterocycles. The Morgan fingerprint density at radius 1 is 1.29 bits per heavy atom. The van der Waals surface area contributed by atoms with Gasteiger partial charge in [0.2, 0.25) is 11.8 Å². The molecular weight excluding hydrogens is 268 g/mol. The van der Waals surface area contributed by atoms with Gasteiger partial charge in [0.25, 0.3) is 0 Å². The number of likely N-dealkylation sites (N-methyl/N-ethyl adjacent to an activating group) is 1. The molecule has 3 rings (SSSR count). The number of nitrogens with two attached hydrogens (primary N) is 1. The molecule has 1 aromatic carbocycles. The summed E-state index contributed by atoms with van der Waals surface area (Å²) in [5.41, 5.74) is 9.50. The third-order valence-corrected chi connectivity index (χ3v) is 4.16. The maximum atomic E-state index is 11.5. The molecule has 112 valence electrons. The van der Waals surface area contributed by atoms with Gasteiger partial charge >= 0.3 is 0 Å². The normalized spacial score (nSPS) is 21.8. The molecule has 1 fully saturated rings. The van der Waals surface area contributed by atoms with Crippen LogP contribution >= 0.6 is 0 Å². The average Bonchev–Trinajstić information content (AvgIpc) is 2.44. The van der Waals surface area contributed by atoms with Crippen LogP contribution in [0.25, 0.3) is 0 Å². The van der Waals surface area contributed by atoms with Crippen molar-refractivity contribution in [2.75, 3.05) is 30.0 Å². The molecule has 2 amide bonds. The van der Waals surface area contributed by atoms with Gasteiger partial charge < -0.3 is 21.3 Å². The Kier molecular flexibility index (Phi) is 3.45. The summed E-state index contributed by atoms with van der Waals surface area (Å²) in [4.78, 5) is 24.7. The topological polar surface area (TPSA) is 87.5 Å². The summed E-state index contributed by atoms with van der Waals surface area (Å²) in [5.74, 6) is 0.226. The highest BCUT2D eigenvalue weighted by Crippen LogP contribution is 2.32. The first-order chi connectivity index (χ1) is 10.0. The Morgan fingerprint density at radius 3 is 2.86 bits per heavy atom. The minimum atomic E-state index is 0.0371. The van der Waals surface area contributed by atoms with Crippen LogP contribution in [-0.4, -0.2) is 36.3 Å². The Balaban J connectivity index is 1.77. The van der Waals surface area contributed by atoms with Crippen molar-refractivity contribution in [1.82, 2.24) is 4.90 Å². The number of likely N-dealkylation sites (tertiary alicyclic amines) is 1. The van der Waals surface area contributed by atoms with Crippen LogP contribution in [0.4, 0.5) is 17.1 Å². The number of anilines is 3. The first-order valence-electron chi connectivity index (χ1n) is 7.25. The van der Waals surface area contributed by atoms with E-state index < -0.39 is 0 Å². The fourth-order valence-corrected chi connectivity index (χ4v) is 2.92. The van der Waals surface area contributed by atoms with E-state index in [0.717, 1.165) is 29.8 Å². The molecule has 6 heteroatoms. The Hall–Kier alpha value is -2.24. The van der Waals surface area contributed by atoms with Crippen LogP contribution < -0.4 is 16.4 Å². The molecule has 0 aromatic heterocycles. The number of benzene rings is 1. The smallest absolute Gasteiger partial charge is 0.224 e. The Morgan fingerprint density at radius 2 is 2.10 bits per heavy atom. The number of carbonyl (C=O) groups is 2. The fourth-order valence-electron chi connectivity index (χ4n) is 2.92. The molecule has 2 aliphatic heterocycles. The van der Waals surface area contributed by atoms with E-state index in [1.807, 2.05) is 19.2 Å². The highest BCUT2D eigenvalue weighted by atomic mass is 16.2. The van der Waals surface area contributed by atoms with Crippen molar-refractivity contribution in [3.05, 3.63) is 17.7 Å². The molecule has 0 radical (unpaired) electrons. The Labute approximate surface area is 123 Å². The van der Waals surface area contributed by atoms with E-state index in [1.165, 1.54) is 0 Å². The molecule has 1 unspecified atom stereocenters. The van der Waals surface area contributed by atoms with Gasteiger partial charge in [-0.3, -0.25) is 9.59 Å². The summed E-state index contributed by atoms with van der Waals surface area (Å²) < 4.78 is 0. The zero-order chi connectivity index (χ0) is 15.0. The number of amides is 2. The molecule has 1 atom stereocenters. The van der Waals surface area contributed by atoms with Gasteiger partial charge in [0.1, 0.15) is 0 Å². The lowest BCUT2D eigenvalue weighted by molar-refractivity contribution is -0.132. The van der Waals surface area contributed by atoms with Gasteiger partial charge in [-0.05, 0) is 30.5 Å². The van der Waals surface area contributed by atoms with E-state index in [1.54, 1.807) is 4.90 Å². The number of nitrogens with zero attached hydrogens (tertiary/aromatic N) is 1. The summed E-state index contributed by atoms with van der Waals surface area (Å²) in [5, 5.41) is 6.27. The second kappa shape index (κ2) is 5.27. The molecule has 0 spiro atoms. The molecule has 0 saturated carbocycles. The maximum absolute atomic E-state index is 11.5. The lowest BCUT2D eigenvalue weighted by Gasteiger charge is -2.31. The third-order valence-electron chi connectivity index (χ3n) is 4.16. The van der Waals surface area contributed by atoms with Crippen molar-refractivity contribution in [3.8, 4) is 0 Å². The molecule has 6 nitrogen and oxygen atoms in total. The number of hydrogen-bond acceptors (Lipinski definition) is 4. The Bertz CT molecular complexity index is 600. The second-order valence-electron chi connectivity index (χ2n) is 5.80. The van der Waals surface area contributed by atoms with Crippen LogP contribution in [0.2, 0.25) is 0 Å². The van der Waals surface area contributed by atoms with Gasteiger partial charge in [-0.25, -0.2) is 0 Å². The quantitative estimate of drug-likeness (QED) is 0.713. The van der Waals surface area contributed by atoms with Crippen LogP contribution in [0, 0.1) is 0 Å². The largest absolute Gasteiger partial charge is 0.397 e. The van der Waals surface area contributed by atoms with Crippen molar-refractivity contribution < 1.29 is 9.59 Å². The van der Waals surface area contributed by atoms with Gasteiger partial charge in [0.15, 0.2) is 0 Å². The second-order valence-corrected chi connectivity index (χ2v) is 5.80. The first-order valence-corrected chi connectivity index (χ1v) is 7.25. The third kappa shape index (κ3) is 2.79. The number of fused-ring (bicyclic) bond motifs is 1. The van der Waals surface area contributed by atoms with Crippen LogP contribution in [0.3, 0.4) is 0 Å². The van der Waals surface area contributed by atoms with Crippen LogP contribution in [0.15, 0.2) is 12.1 Å². The van der Waals surface area contributed by atoms with E-state index >= 15 is 0 Å². The lowest BCUT2D eigenvalue weighted by Crippen LogP contribution is -2.43. The number of rotatable bonds is 2. The van der Waals surface area contributed by atoms with Gasteiger partial charge in [-0.2, -0.15) is 0 Å². The SMILES string of the molecule is CN1CC(Nc2cc3c(cc2N)NC(=O)CC3)CCC1=O. The summed E-state index contributed by atoms with van der Waals surface area (Å²) in [6.07, 6.45) is 2.63. The molecule has 2 heterocycles. The van der Waals surface area contributed by atoms with E-state index in [4.69, 9.17) is 5.73 Å².